The molecule has 0 aliphatic heterocycles. The van der Waals surface area contributed by atoms with Crippen molar-refractivity contribution in [2.75, 3.05) is 0 Å². The fourth-order valence-electron chi connectivity index (χ4n) is 10.2. The van der Waals surface area contributed by atoms with Gasteiger partial charge >= 0.3 is 0 Å². The normalized spacial score (nSPS) is 15.8. The highest BCUT2D eigenvalue weighted by molar-refractivity contribution is 6.84. The molecule has 3 heteroatoms. The molecule has 59 heavy (non-hydrogen) atoms. The van der Waals surface area contributed by atoms with E-state index >= 15 is 0 Å². The summed E-state index contributed by atoms with van der Waals surface area (Å²) in [6.45, 7) is 13.8. The number of rotatable bonds is 8. The van der Waals surface area contributed by atoms with Gasteiger partial charge in [0, 0.05) is 22.2 Å². The molecule has 2 atom stereocenters. The van der Waals surface area contributed by atoms with Crippen LogP contribution < -0.4 is 0 Å². The fraction of sp³-hybridized carbons (Fsp3) is 0.143. The van der Waals surface area contributed by atoms with Gasteiger partial charge in [0.05, 0.1) is 8.07 Å². The Morgan fingerprint density at radius 1 is 0.373 bits per heavy atom. The van der Waals surface area contributed by atoms with Crippen molar-refractivity contribution in [1.82, 2.24) is 0 Å². The smallest absolute Gasteiger partial charge is 0.130 e. The van der Waals surface area contributed by atoms with Crippen molar-refractivity contribution in [3.63, 3.8) is 0 Å². The second kappa shape index (κ2) is 14.4. The van der Waals surface area contributed by atoms with E-state index in [0.717, 1.165) is 23.0 Å². The lowest BCUT2D eigenvalue weighted by Crippen LogP contribution is -2.42. The summed E-state index contributed by atoms with van der Waals surface area (Å²) in [4.78, 5) is 0. The Labute approximate surface area is 349 Å². The van der Waals surface area contributed by atoms with E-state index in [-0.39, 0.29) is 11.1 Å². The van der Waals surface area contributed by atoms with Crippen LogP contribution in [0.4, 0.5) is 0 Å². The van der Waals surface area contributed by atoms with Crippen molar-refractivity contribution >= 4 is 31.4 Å². The number of furan rings is 2. The van der Waals surface area contributed by atoms with Gasteiger partial charge < -0.3 is 8.83 Å². The Morgan fingerprint density at radius 3 is 1.08 bits per heavy atom. The lowest BCUT2D eigenvalue weighted by Gasteiger charge is -2.39. The summed E-state index contributed by atoms with van der Waals surface area (Å²) in [5.41, 5.74) is 20.8. The van der Waals surface area contributed by atoms with Crippen molar-refractivity contribution in [2.24, 2.45) is 0 Å². The first-order chi connectivity index (χ1) is 28.7. The Kier molecular flexibility index (Phi) is 9.03. The van der Waals surface area contributed by atoms with E-state index < -0.39 is 8.07 Å². The van der Waals surface area contributed by atoms with Crippen LogP contribution in [0.25, 0.3) is 67.8 Å². The van der Waals surface area contributed by atoms with E-state index in [1.165, 1.54) is 89.0 Å². The zero-order valence-electron chi connectivity index (χ0n) is 34.6. The Hall–Kier alpha value is -6.42. The minimum absolute atomic E-state index is 0.163. The maximum atomic E-state index is 6.57. The van der Waals surface area contributed by atoms with E-state index in [0.29, 0.717) is 0 Å². The molecule has 2 heterocycles. The summed E-state index contributed by atoms with van der Waals surface area (Å²) in [7, 11) is -2.46. The number of hydrogen-bond acceptors (Lipinski definition) is 2. The molecule has 6 aromatic carbocycles. The molecule has 0 N–H and O–H groups in total. The predicted octanol–water partition coefficient (Wildman–Crippen LogP) is 15.5. The predicted molar refractivity (Wildman–Crippen MR) is 250 cm³/mol. The first-order valence-electron chi connectivity index (χ1n) is 20.8. The molecule has 0 saturated carbocycles. The number of hydrogen-bond donors (Lipinski definition) is 0. The molecule has 0 radical (unpaired) electrons. The summed E-state index contributed by atoms with van der Waals surface area (Å²) in [5.74, 6) is 3.79. The van der Waals surface area contributed by atoms with Crippen molar-refractivity contribution in [3.05, 3.63) is 214 Å². The third-order valence-electron chi connectivity index (χ3n) is 12.9. The lowest BCUT2D eigenvalue weighted by molar-refractivity contribution is 0.519. The van der Waals surface area contributed by atoms with Crippen LogP contribution in [0.1, 0.15) is 67.5 Å². The number of fused-ring (bicyclic) bond motifs is 2. The highest BCUT2D eigenvalue weighted by Gasteiger charge is 2.50. The molecule has 0 fully saturated rings. The third-order valence-corrected chi connectivity index (χ3v) is 17.1. The maximum absolute atomic E-state index is 6.57. The fourth-order valence-corrected chi connectivity index (χ4v) is 14.7. The van der Waals surface area contributed by atoms with E-state index in [1.807, 2.05) is 0 Å². The van der Waals surface area contributed by atoms with E-state index in [9.17, 15) is 0 Å². The van der Waals surface area contributed by atoms with Crippen molar-refractivity contribution in [3.8, 4) is 44.5 Å². The molecule has 0 bridgehead atoms. The zero-order valence-corrected chi connectivity index (χ0v) is 35.6. The van der Waals surface area contributed by atoms with Crippen LogP contribution in [0.2, 0.25) is 13.1 Å². The first-order valence-corrected chi connectivity index (χ1v) is 24.0. The molecule has 10 rings (SSSR count). The number of aryl methyl sites for hydroxylation is 4. The summed E-state index contributed by atoms with van der Waals surface area (Å²) in [6, 6.07) is 57.6. The van der Waals surface area contributed by atoms with Gasteiger partial charge in [0.25, 0.3) is 0 Å². The molecule has 8 aromatic rings. The average Bonchev–Trinajstić information content (AvgIpc) is 4.07. The summed E-state index contributed by atoms with van der Waals surface area (Å²) in [6.07, 6.45) is 4.93. The largest absolute Gasteiger partial charge is 0.462 e. The maximum Gasteiger partial charge on any atom is 0.130 e. The molecule has 2 aromatic heterocycles. The molecular weight excluding hydrogens is 733 g/mol. The molecule has 288 valence electrons. The quantitative estimate of drug-likeness (QED) is 0.144. The van der Waals surface area contributed by atoms with Gasteiger partial charge in [-0.1, -0.05) is 147 Å². The Bertz CT molecular complexity index is 2720. The van der Waals surface area contributed by atoms with Gasteiger partial charge in [-0.3, -0.25) is 0 Å². The van der Waals surface area contributed by atoms with Crippen LogP contribution >= 0.6 is 0 Å². The van der Waals surface area contributed by atoms with Crippen LogP contribution in [-0.4, -0.2) is 8.07 Å². The van der Waals surface area contributed by atoms with Gasteiger partial charge in [0.1, 0.15) is 23.0 Å². The molecule has 2 aliphatic rings. The Morgan fingerprint density at radius 2 is 0.729 bits per heavy atom. The van der Waals surface area contributed by atoms with Crippen molar-refractivity contribution in [1.29, 1.82) is 0 Å². The van der Waals surface area contributed by atoms with E-state index in [2.05, 4.69) is 211 Å². The lowest BCUT2D eigenvalue weighted by atomic mass is 9.91. The van der Waals surface area contributed by atoms with Gasteiger partial charge in [-0.2, -0.15) is 0 Å². The summed E-state index contributed by atoms with van der Waals surface area (Å²) < 4.78 is 13.1. The molecular formula is C56H48O2Si. The average molecular weight is 781 g/mol. The van der Waals surface area contributed by atoms with Gasteiger partial charge in [0.2, 0.25) is 0 Å². The van der Waals surface area contributed by atoms with Gasteiger partial charge in [0.15, 0.2) is 0 Å². The molecule has 2 unspecified atom stereocenters. The number of benzene rings is 6. The topological polar surface area (TPSA) is 26.3 Å². The van der Waals surface area contributed by atoms with Crippen molar-refractivity contribution in [2.45, 2.75) is 51.9 Å². The van der Waals surface area contributed by atoms with E-state index in [1.54, 1.807) is 0 Å². The molecule has 0 spiro atoms. The van der Waals surface area contributed by atoms with Crippen LogP contribution in [0, 0.1) is 27.7 Å². The second-order valence-corrected chi connectivity index (χ2v) is 21.9. The van der Waals surface area contributed by atoms with Crippen LogP contribution in [0.5, 0.6) is 0 Å². The monoisotopic (exact) mass is 780 g/mol. The highest BCUT2D eigenvalue weighted by Crippen LogP contribution is 2.59. The molecule has 0 amide bonds. The molecule has 2 aliphatic carbocycles. The summed E-state index contributed by atoms with van der Waals surface area (Å²) >= 11 is 0. The highest BCUT2D eigenvalue weighted by atomic mass is 28.3. The molecule has 0 saturated heterocycles. The SMILES string of the molecule is Cc1ccc(C2=Cc3c(ccc(C)c3-c3ccc(-c4ccccc4)cc3)C2[Si](C)(C)C2C(c3ccc(C)o3)=Cc3c2ccc(C)c3-c2ccc(-c3ccccc3)cc2)o1. The molecule has 2 nitrogen and oxygen atoms in total. The standard InChI is InChI=1S/C56H48O2Si/c1-35-17-29-45-47(53(35)43-25-21-41(22-26-43)39-13-9-7-10-14-39)33-49(51-31-19-37(3)57-51)55(45)59(5,6)56-46-30-18-36(2)54(48(46)34-50(56)52-32-20-38(4)58-52)44-27-23-42(24-28-44)40-15-11-8-12-16-40/h7-34,55-56H,1-6H3. The zero-order chi connectivity index (χ0) is 40.4. The minimum atomic E-state index is -2.46. The first kappa shape index (κ1) is 36.9. The minimum Gasteiger partial charge on any atom is -0.462 e. The summed E-state index contributed by atoms with van der Waals surface area (Å²) in [5, 5.41) is 0. The second-order valence-electron chi connectivity index (χ2n) is 17.1. The Balaban J connectivity index is 1.13. The van der Waals surface area contributed by atoms with Gasteiger partial charge in [-0.25, -0.2) is 0 Å². The van der Waals surface area contributed by atoms with Crippen LogP contribution in [0.3, 0.4) is 0 Å². The van der Waals surface area contributed by atoms with Crippen LogP contribution in [0.15, 0.2) is 167 Å². The number of allylic oxidation sites excluding steroid dienone is 2. The van der Waals surface area contributed by atoms with Gasteiger partial charge in [-0.05, 0) is 142 Å². The van der Waals surface area contributed by atoms with E-state index in [4.69, 9.17) is 8.83 Å². The van der Waals surface area contributed by atoms with Crippen molar-refractivity contribution < 1.29 is 8.83 Å². The van der Waals surface area contributed by atoms with Gasteiger partial charge in [-0.15, -0.1) is 0 Å². The van der Waals surface area contributed by atoms with Crippen LogP contribution in [-0.2, 0) is 0 Å². The third kappa shape index (κ3) is 6.32.